The van der Waals surface area contributed by atoms with Gasteiger partial charge in [0.25, 0.3) is 0 Å². The Labute approximate surface area is 95.4 Å². The molecule has 1 aromatic rings. The number of hydrogen-bond acceptors (Lipinski definition) is 3. The maximum atomic E-state index is 10.8. The highest BCUT2D eigenvalue weighted by atomic mass is 79.9. The molecule has 1 amide bonds. The number of nitrogen functional groups attached to an aromatic ring is 1. The van der Waals surface area contributed by atoms with Crippen LogP contribution in [-0.2, 0) is 4.79 Å². The lowest BCUT2D eigenvalue weighted by molar-refractivity contribution is -0.117. The van der Waals surface area contributed by atoms with Gasteiger partial charge in [0.2, 0.25) is 5.91 Å². The molecule has 0 spiro atoms. The molecule has 1 rings (SSSR count). The fraction of sp³-hybridized carbons (Fsp3) is 0.222. The van der Waals surface area contributed by atoms with Crippen LogP contribution in [0.15, 0.2) is 27.6 Å². The second kappa shape index (κ2) is 4.70. The van der Waals surface area contributed by atoms with Crippen LogP contribution in [0.2, 0.25) is 0 Å². The molecule has 0 fully saturated rings. The largest absolute Gasteiger partial charge is 0.398 e. The first-order valence-corrected chi connectivity index (χ1v) is 5.69. The molecule has 5 heteroatoms. The summed E-state index contributed by atoms with van der Waals surface area (Å²) in [5.74, 6) is -0.339. The summed E-state index contributed by atoms with van der Waals surface area (Å²) in [7, 11) is 0. The van der Waals surface area contributed by atoms with Crippen LogP contribution in [0, 0.1) is 0 Å². The molecule has 0 saturated carbocycles. The van der Waals surface area contributed by atoms with Gasteiger partial charge in [0.05, 0.1) is 5.25 Å². The van der Waals surface area contributed by atoms with Crippen LogP contribution in [0.4, 0.5) is 5.69 Å². The van der Waals surface area contributed by atoms with E-state index in [1.165, 1.54) is 11.8 Å². The van der Waals surface area contributed by atoms with Crippen LogP contribution in [0.3, 0.4) is 0 Å². The van der Waals surface area contributed by atoms with Gasteiger partial charge in [0.1, 0.15) is 0 Å². The summed E-state index contributed by atoms with van der Waals surface area (Å²) in [6.07, 6.45) is 0. The zero-order valence-electron chi connectivity index (χ0n) is 7.66. The van der Waals surface area contributed by atoms with Crippen LogP contribution in [-0.4, -0.2) is 11.2 Å². The molecule has 4 N–H and O–H groups in total. The van der Waals surface area contributed by atoms with E-state index in [1.54, 1.807) is 13.0 Å². The van der Waals surface area contributed by atoms with Crippen molar-refractivity contribution in [2.75, 3.05) is 5.73 Å². The van der Waals surface area contributed by atoms with E-state index in [-0.39, 0.29) is 11.2 Å². The Hall–Kier alpha value is -0.680. The second-order valence-electron chi connectivity index (χ2n) is 2.84. The van der Waals surface area contributed by atoms with Gasteiger partial charge in [-0.25, -0.2) is 0 Å². The Morgan fingerprint density at radius 2 is 2.21 bits per heavy atom. The molecule has 0 bridgehead atoms. The number of hydrogen-bond donors (Lipinski definition) is 2. The number of primary amides is 1. The van der Waals surface area contributed by atoms with Crippen molar-refractivity contribution in [2.45, 2.75) is 17.1 Å². The normalized spacial score (nSPS) is 12.4. The van der Waals surface area contributed by atoms with E-state index >= 15 is 0 Å². The van der Waals surface area contributed by atoms with Crippen LogP contribution >= 0.6 is 27.7 Å². The summed E-state index contributed by atoms with van der Waals surface area (Å²) < 4.78 is 0.936. The first-order chi connectivity index (χ1) is 6.50. The minimum absolute atomic E-state index is 0.272. The Balaban J connectivity index is 2.85. The number of anilines is 1. The topological polar surface area (TPSA) is 69.1 Å². The molecule has 76 valence electrons. The van der Waals surface area contributed by atoms with Gasteiger partial charge in [0.15, 0.2) is 0 Å². The van der Waals surface area contributed by atoms with Crippen LogP contribution in [0.1, 0.15) is 6.92 Å². The number of nitrogens with two attached hydrogens (primary N) is 2. The van der Waals surface area contributed by atoms with Crippen molar-refractivity contribution in [1.29, 1.82) is 0 Å². The van der Waals surface area contributed by atoms with Crippen molar-refractivity contribution in [3.05, 3.63) is 22.7 Å². The summed E-state index contributed by atoms with van der Waals surface area (Å²) in [6.45, 7) is 1.76. The molecule has 1 unspecified atom stereocenters. The summed E-state index contributed by atoms with van der Waals surface area (Å²) in [4.78, 5) is 11.7. The molecular formula is C9H11BrN2OS. The quantitative estimate of drug-likeness (QED) is 0.654. The third-order valence-corrected chi connectivity index (χ3v) is 3.37. The number of benzene rings is 1. The van der Waals surface area contributed by atoms with Gasteiger partial charge in [-0.05, 0) is 25.1 Å². The van der Waals surface area contributed by atoms with E-state index in [2.05, 4.69) is 15.9 Å². The highest BCUT2D eigenvalue weighted by Gasteiger charge is 2.12. The van der Waals surface area contributed by atoms with Gasteiger partial charge >= 0.3 is 0 Å². The van der Waals surface area contributed by atoms with Crippen molar-refractivity contribution < 1.29 is 4.79 Å². The van der Waals surface area contributed by atoms with Crippen molar-refractivity contribution in [3.8, 4) is 0 Å². The third kappa shape index (κ3) is 2.92. The smallest absolute Gasteiger partial charge is 0.230 e. The van der Waals surface area contributed by atoms with E-state index in [9.17, 15) is 4.79 Å². The number of carbonyl (C=O) groups excluding carboxylic acids is 1. The molecule has 0 aromatic heterocycles. The minimum Gasteiger partial charge on any atom is -0.398 e. The van der Waals surface area contributed by atoms with Gasteiger partial charge in [-0.2, -0.15) is 0 Å². The Morgan fingerprint density at radius 3 is 2.79 bits per heavy atom. The highest BCUT2D eigenvalue weighted by Crippen LogP contribution is 2.30. The Bertz CT molecular complexity index is 357. The minimum atomic E-state index is -0.339. The molecule has 0 heterocycles. The zero-order chi connectivity index (χ0) is 10.7. The van der Waals surface area contributed by atoms with Gasteiger partial charge in [-0.3, -0.25) is 4.79 Å². The van der Waals surface area contributed by atoms with Crippen LogP contribution < -0.4 is 11.5 Å². The van der Waals surface area contributed by atoms with Crippen molar-refractivity contribution in [2.24, 2.45) is 5.73 Å². The lowest BCUT2D eigenvalue weighted by atomic mass is 10.3. The molecule has 14 heavy (non-hydrogen) atoms. The summed E-state index contributed by atoms with van der Waals surface area (Å²) >= 11 is 4.70. The fourth-order valence-corrected chi connectivity index (χ4v) is 2.27. The van der Waals surface area contributed by atoms with Gasteiger partial charge in [0, 0.05) is 15.1 Å². The zero-order valence-corrected chi connectivity index (χ0v) is 10.1. The van der Waals surface area contributed by atoms with Crippen molar-refractivity contribution in [3.63, 3.8) is 0 Å². The summed E-state index contributed by atoms with van der Waals surface area (Å²) in [6, 6.07) is 5.52. The maximum Gasteiger partial charge on any atom is 0.230 e. The molecule has 0 saturated heterocycles. The van der Waals surface area contributed by atoms with E-state index in [0.29, 0.717) is 5.69 Å². The lowest BCUT2D eigenvalue weighted by Crippen LogP contribution is -2.22. The standard InChI is InChI=1S/C9H11BrN2OS/c1-5(9(12)13)14-8-4-6(10)2-3-7(8)11/h2-5H,11H2,1H3,(H2,12,13). The third-order valence-electron chi connectivity index (χ3n) is 1.68. The lowest BCUT2D eigenvalue weighted by Gasteiger charge is -2.09. The molecule has 0 aliphatic rings. The molecule has 1 atom stereocenters. The maximum absolute atomic E-state index is 10.8. The number of rotatable bonds is 3. The molecule has 3 nitrogen and oxygen atoms in total. The Morgan fingerprint density at radius 1 is 1.57 bits per heavy atom. The number of carbonyl (C=O) groups is 1. The van der Waals surface area contributed by atoms with E-state index in [4.69, 9.17) is 11.5 Å². The fourth-order valence-electron chi connectivity index (χ4n) is 0.859. The summed E-state index contributed by atoms with van der Waals surface area (Å²) in [5, 5.41) is -0.272. The first kappa shape index (κ1) is 11.4. The number of amides is 1. The first-order valence-electron chi connectivity index (χ1n) is 4.01. The SMILES string of the molecule is CC(Sc1cc(Br)ccc1N)C(N)=O. The van der Waals surface area contributed by atoms with E-state index in [1.807, 2.05) is 12.1 Å². The van der Waals surface area contributed by atoms with Gasteiger partial charge in [-0.1, -0.05) is 15.9 Å². The second-order valence-corrected chi connectivity index (χ2v) is 5.14. The molecule has 1 aromatic carbocycles. The average molecular weight is 275 g/mol. The Kier molecular flexibility index (Phi) is 3.83. The molecule has 0 aliphatic heterocycles. The molecular weight excluding hydrogens is 264 g/mol. The molecule has 0 aliphatic carbocycles. The predicted molar refractivity (Wildman–Crippen MR) is 63.1 cm³/mol. The van der Waals surface area contributed by atoms with E-state index in [0.717, 1.165) is 9.37 Å². The van der Waals surface area contributed by atoms with Crippen LogP contribution in [0.25, 0.3) is 0 Å². The van der Waals surface area contributed by atoms with Gasteiger partial charge in [-0.15, -0.1) is 11.8 Å². The average Bonchev–Trinajstić information content (AvgIpc) is 2.11. The number of thioether (sulfide) groups is 1. The van der Waals surface area contributed by atoms with Crippen LogP contribution in [0.5, 0.6) is 0 Å². The number of halogens is 1. The highest BCUT2D eigenvalue weighted by molar-refractivity contribution is 9.10. The van der Waals surface area contributed by atoms with Crippen molar-refractivity contribution >= 4 is 39.3 Å². The predicted octanol–water partition coefficient (Wildman–Crippen LogP) is 2.00. The monoisotopic (exact) mass is 274 g/mol. The van der Waals surface area contributed by atoms with Gasteiger partial charge < -0.3 is 11.5 Å². The van der Waals surface area contributed by atoms with Crippen molar-refractivity contribution in [1.82, 2.24) is 0 Å². The molecule has 0 radical (unpaired) electrons. The van der Waals surface area contributed by atoms with E-state index < -0.39 is 0 Å². The summed E-state index contributed by atoms with van der Waals surface area (Å²) in [5.41, 5.74) is 11.6.